The van der Waals surface area contributed by atoms with Crippen molar-refractivity contribution in [3.05, 3.63) is 65.7 Å². The number of hydrogen-bond acceptors (Lipinski definition) is 9. The van der Waals surface area contributed by atoms with Crippen molar-refractivity contribution in [3.8, 4) is 17.4 Å². The standard InChI is InChI=1S/C27H27N7O4/c1-36-16-20-13-23(33-38-20)25-31-30-24-21-9-5-6-10-22(21)27(32-34(24)25)37-15-19-12-11-17(14-28-19)26(35)29-18-7-3-2-4-8-18/h5-6,9-14,18H,2-4,7-8,15-16H2,1H3,(H,29,35). The third-order valence-electron chi connectivity index (χ3n) is 6.69. The Labute approximate surface area is 218 Å². The van der Waals surface area contributed by atoms with Crippen LogP contribution in [-0.4, -0.2) is 49.0 Å². The molecule has 1 aliphatic carbocycles. The van der Waals surface area contributed by atoms with Gasteiger partial charge in [-0.15, -0.1) is 15.3 Å². The number of aromatic nitrogens is 6. The highest BCUT2D eigenvalue weighted by molar-refractivity contribution is 5.97. The van der Waals surface area contributed by atoms with E-state index in [2.05, 4.69) is 30.8 Å². The minimum Gasteiger partial charge on any atom is -0.470 e. The van der Waals surface area contributed by atoms with Crippen molar-refractivity contribution in [1.29, 1.82) is 0 Å². The summed E-state index contributed by atoms with van der Waals surface area (Å²) in [6.45, 7) is 0.467. The molecule has 5 aromatic rings. The second kappa shape index (κ2) is 10.5. The number of ether oxygens (including phenoxy) is 2. The third kappa shape index (κ3) is 4.80. The van der Waals surface area contributed by atoms with Gasteiger partial charge in [0.25, 0.3) is 5.91 Å². The second-order valence-electron chi connectivity index (χ2n) is 9.36. The molecule has 6 rings (SSSR count). The molecule has 1 N–H and O–H groups in total. The molecule has 0 atom stereocenters. The SMILES string of the molecule is COCc1cc(-c2nnc3c4ccccc4c(OCc4ccc(C(=O)NC5CCCCC5)cn4)nn23)no1. The lowest BCUT2D eigenvalue weighted by Gasteiger charge is -2.22. The summed E-state index contributed by atoms with van der Waals surface area (Å²) in [7, 11) is 1.58. The molecule has 4 heterocycles. The average Bonchev–Trinajstić information content (AvgIpc) is 3.60. The molecular weight excluding hydrogens is 486 g/mol. The molecule has 38 heavy (non-hydrogen) atoms. The van der Waals surface area contributed by atoms with E-state index in [-0.39, 0.29) is 18.6 Å². The Bertz CT molecular complexity index is 1570. The van der Waals surface area contributed by atoms with Crippen LogP contribution < -0.4 is 10.1 Å². The Kier molecular flexibility index (Phi) is 6.65. The van der Waals surface area contributed by atoms with Crippen molar-refractivity contribution in [1.82, 2.24) is 35.3 Å². The van der Waals surface area contributed by atoms with Crippen LogP contribution in [0.2, 0.25) is 0 Å². The summed E-state index contributed by atoms with van der Waals surface area (Å²) >= 11 is 0. The molecule has 1 fully saturated rings. The van der Waals surface area contributed by atoms with Crippen molar-refractivity contribution in [3.63, 3.8) is 0 Å². The quantitative estimate of drug-likeness (QED) is 0.326. The number of benzene rings is 1. The highest BCUT2D eigenvalue weighted by Crippen LogP contribution is 2.29. The van der Waals surface area contributed by atoms with Gasteiger partial charge in [-0.2, -0.15) is 4.52 Å². The molecule has 1 aromatic carbocycles. The lowest BCUT2D eigenvalue weighted by Crippen LogP contribution is -2.36. The maximum Gasteiger partial charge on any atom is 0.253 e. The summed E-state index contributed by atoms with van der Waals surface area (Å²) in [5, 5.41) is 22.2. The van der Waals surface area contributed by atoms with Crippen molar-refractivity contribution in [2.75, 3.05) is 7.11 Å². The van der Waals surface area contributed by atoms with Gasteiger partial charge in [0.2, 0.25) is 11.7 Å². The zero-order valence-electron chi connectivity index (χ0n) is 21.0. The van der Waals surface area contributed by atoms with Crippen LogP contribution >= 0.6 is 0 Å². The van der Waals surface area contributed by atoms with Crippen LogP contribution in [0.25, 0.3) is 27.9 Å². The zero-order chi connectivity index (χ0) is 25.9. The molecule has 11 nitrogen and oxygen atoms in total. The van der Waals surface area contributed by atoms with Gasteiger partial charge in [-0.3, -0.25) is 9.78 Å². The fourth-order valence-corrected chi connectivity index (χ4v) is 4.75. The first-order valence-electron chi connectivity index (χ1n) is 12.7. The summed E-state index contributed by atoms with van der Waals surface area (Å²) in [6.07, 6.45) is 7.24. The van der Waals surface area contributed by atoms with Gasteiger partial charge in [-0.25, -0.2) is 0 Å². The predicted molar refractivity (Wildman–Crippen MR) is 137 cm³/mol. The maximum atomic E-state index is 12.6. The van der Waals surface area contributed by atoms with E-state index in [0.717, 1.165) is 36.5 Å². The minimum atomic E-state index is -0.0865. The fourth-order valence-electron chi connectivity index (χ4n) is 4.75. The molecule has 1 aliphatic rings. The third-order valence-corrected chi connectivity index (χ3v) is 6.69. The monoisotopic (exact) mass is 513 g/mol. The van der Waals surface area contributed by atoms with Gasteiger partial charge in [0.05, 0.1) is 11.3 Å². The Balaban J connectivity index is 1.23. The highest BCUT2D eigenvalue weighted by Gasteiger charge is 2.20. The molecule has 0 saturated heterocycles. The molecule has 0 spiro atoms. The number of amides is 1. The van der Waals surface area contributed by atoms with Crippen molar-refractivity contribution in [2.24, 2.45) is 0 Å². The van der Waals surface area contributed by atoms with E-state index in [1.54, 1.807) is 36.0 Å². The number of carbonyl (C=O) groups is 1. The minimum absolute atomic E-state index is 0.0865. The molecular formula is C27H27N7O4. The van der Waals surface area contributed by atoms with E-state index in [1.807, 2.05) is 24.3 Å². The van der Waals surface area contributed by atoms with Gasteiger partial charge in [-0.1, -0.05) is 42.6 Å². The molecule has 4 aromatic heterocycles. The molecule has 1 saturated carbocycles. The number of hydrogen-bond donors (Lipinski definition) is 1. The average molecular weight is 514 g/mol. The molecule has 11 heteroatoms. The van der Waals surface area contributed by atoms with Gasteiger partial charge < -0.3 is 19.3 Å². The first kappa shape index (κ1) is 24.0. The molecule has 0 radical (unpaired) electrons. The maximum absolute atomic E-state index is 12.6. The molecule has 0 bridgehead atoms. The van der Waals surface area contributed by atoms with E-state index >= 15 is 0 Å². The number of nitrogens with zero attached hydrogens (tertiary/aromatic N) is 6. The number of fused-ring (bicyclic) bond motifs is 3. The molecule has 1 amide bonds. The molecule has 0 aliphatic heterocycles. The largest absolute Gasteiger partial charge is 0.470 e. The normalized spacial score (nSPS) is 14.2. The van der Waals surface area contributed by atoms with Gasteiger partial charge in [-0.05, 0) is 31.0 Å². The van der Waals surface area contributed by atoms with E-state index < -0.39 is 0 Å². The second-order valence-corrected chi connectivity index (χ2v) is 9.36. The van der Waals surface area contributed by atoms with Gasteiger partial charge in [0.15, 0.2) is 17.1 Å². The van der Waals surface area contributed by atoms with Crippen molar-refractivity contribution in [2.45, 2.75) is 51.4 Å². The van der Waals surface area contributed by atoms with Gasteiger partial charge in [0, 0.05) is 36.2 Å². The van der Waals surface area contributed by atoms with Crippen molar-refractivity contribution >= 4 is 22.3 Å². The van der Waals surface area contributed by atoms with E-state index in [1.165, 1.54) is 6.42 Å². The lowest BCUT2D eigenvalue weighted by atomic mass is 9.95. The van der Waals surface area contributed by atoms with Crippen molar-refractivity contribution < 1.29 is 18.8 Å². The molecule has 194 valence electrons. The topological polar surface area (TPSA) is 130 Å². The Morgan fingerprint density at radius 3 is 2.71 bits per heavy atom. The first-order valence-corrected chi connectivity index (χ1v) is 12.7. The molecule has 0 unspecified atom stereocenters. The van der Waals surface area contributed by atoms with Gasteiger partial charge >= 0.3 is 0 Å². The number of rotatable bonds is 8. The Morgan fingerprint density at radius 1 is 1.08 bits per heavy atom. The van der Waals surface area contributed by atoms with Crippen LogP contribution in [0.4, 0.5) is 0 Å². The highest BCUT2D eigenvalue weighted by atomic mass is 16.5. The van der Waals surface area contributed by atoms with Crippen LogP contribution in [0.5, 0.6) is 5.88 Å². The summed E-state index contributed by atoms with van der Waals surface area (Å²) in [6, 6.07) is 13.3. The van der Waals surface area contributed by atoms with E-state index in [4.69, 9.17) is 14.0 Å². The smallest absolute Gasteiger partial charge is 0.253 e. The van der Waals surface area contributed by atoms with Crippen LogP contribution in [0.1, 0.15) is 53.9 Å². The van der Waals surface area contributed by atoms with E-state index in [9.17, 15) is 4.79 Å². The number of nitrogens with one attached hydrogen (secondary N) is 1. The fraction of sp³-hybridized carbons (Fsp3) is 0.333. The summed E-state index contributed by atoms with van der Waals surface area (Å²) in [5.41, 5.74) is 2.28. The number of pyridine rings is 1. The lowest BCUT2D eigenvalue weighted by molar-refractivity contribution is 0.0927. The summed E-state index contributed by atoms with van der Waals surface area (Å²) in [4.78, 5) is 17.1. The van der Waals surface area contributed by atoms with Gasteiger partial charge in [0.1, 0.15) is 13.2 Å². The zero-order valence-corrected chi connectivity index (χ0v) is 21.0. The van der Waals surface area contributed by atoms with Crippen LogP contribution in [0, 0.1) is 0 Å². The summed E-state index contributed by atoms with van der Waals surface area (Å²) < 4.78 is 18.1. The van der Waals surface area contributed by atoms with Crippen LogP contribution in [0.3, 0.4) is 0 Å². The number of methoxy groups -OCH3 is 1. The van der Waals surface area contributed by atoms with E-state index in [0.29, 0.717) is 46.7 Å². The number of carbonyl (C=O) groups excluding carboxylic acids is 1. The predicted octanol–water partition coefficient (Wildman–Crippen LogP) is 4.12. The summed E-state index contributed by atoms with van der Waals surface area (Å²) in [5.74, 6) is 1.30. The van der Waals surface area contributed by atoms with Crippen LogP contribution in [0.15, 0.2) is 53.2 Å². The first-order chi connectivity index (χ1) is 18.7. The Morgan fingerprint density at radius 2 is 1.92 bits per heavy atom. The Hall–Kier alpha value is -4.38. The van der Waals surface area contributed by atoms with Crippen LogP contribution in [-0.2, 0) is 18.0 Å².